The summed E-state index contributed by atoms with van der Waals surface area (Å²) in [6.07, 6.45) is 5.25. The number of hydrogen-bond acceptors (Lipinski definition) is 5. The minimum atomic E-state index is -1.95. The van der Waals surface area contributed by atoms with E-state index >= 15 is 0 Å². The molecule has 2 N–H and O–H groups in total. The number of benzene rings is 1. The summed E-state index contributed by atoms with van der Waals surface area (Å²) in [5.41, 5.74) is 8.72. The maximum Gasteiger partial charge on any atom is 0.192 e. The molecule has 0 radical (unpaired) electrons. The smallest absolute Gasteiger partial charge is 0.192 e. The summed E-state index contributed by atoms with van der Waals surface area (Å²) in [5, 5.41) is 0.140. The Labute approximate surface area is 174 Å². The monoisotopic (exact) mass is 411 g/mol. The van der Waals surface area contributed by atoms with Crippen molar-refractivity contribution >= 4 is 25.3 Å². The number of anilines is 1. The molecule has 0 saturated heterocycles. The van der Waals surface area contributed by atoms with Crippen LogP contribution in [0.5, 0.6) is 0 Å². The number of rotatable bonds is 7. The quantitative estimate of drug-likeness (QED) is 0.554. The zero-order valence-electron chi connectivity index (χ0n) is 18.4. The summed E-state index contributed by atoms with van der Waals surface area (Å²) >= 11 is 0. The van der Waals surface area contributed by atoms with Gasteiger partial charge in [-0.1, -0.05) is 51.1 Å². The molecule has 29 heavy (non-hydrogen) atoms. The zero-order chi connectivity index (χ0) is 21.2. The molecule has 7 heteroatoms. The van der Waals surface area contributed by atoms with Crippen LogP contribution in [0.3, 0.4) is 0 Å². The van der Waals surface area contributed by atoms with E-state index < -0.39 is 8.32 Å². The van der Waals surface area contributed by atoms with Crippen LogP contribution >= 0.6 is 0 Å². The summed E-state index contributed by atoms with van der Waals surface area (Å²) < 4.78 is 8.98. The van der Waals surface area contributed by atoms with E-state index in [4.69, 9.17) is 10.2 Å². The van der Waals surface area contributed by atoms with Crippen LogP contribution in [0.15, 0.2) is 43.0 Å². The van der Waals surface area contributed by atoms with Crippen molar-refractivity contribution in [2.24, 2.45) is 0 Å². The van der Waals surface area contributed by atoms with Gasteiger partial charge in [-0.2, -0.15) is 0 Å². The molecule has 3 aromatic rings. The van der Waals surface area contributed by atoms with Gasteiger partial charge in [-0.3, -0.25) is 0 Å². The first-order chi connectivity index (χ1) is 13.6. The van der Waals surface area contributed by atoms with Gasteiger partial charge in [0.2, 0.25) is 0 Å². The summed E-state index contributed by atoms with van der Waals surface area (Å²) in [6, 6.07) is 10.7. The van der Waals surface area contributed by atoms with Gasteiger partial charge in [-0.15, -0.1) is 0 Å². The van der Waals surface area contributed by atoms with E-state index in [1.165, 1.54) is 11.9 Å². The third-order valence-corrected chi connectivity index (χ3v) is 10.7. The summed E-state index contributed by atoms with van der Waals surface area (Å²) in [4.78, 5) is 12.9. The lowest BCUT2D eigenvalue weighted by atomic mass is 10.0. The second-order valence-electron chi connectivity index (χ2n) is 9.26. The van der Waals surface area contributed by atoms with Crippen molar-refractivity contribution in [1.82, 2.24) is 19.5 Å². The van der Waals surface area contributed by atoms with Crippen molar-refractivity contribution in [3.63, 3.8) is 0 Å². The van der Waals surface area contributed by atoms with Gasteiger partial charge in [-0.05, 0) is 43.5 Å². The largest absolute Gasteiger partial charge is 0.412 e. The van der Waals surface area contributed by atoms with Crippen LogP contribution < -0.4 is 5.73 Å². The molecule has 0 saturated carbocycles. The molecule has 156 valence electrons. The van der Waals surface area contributed by atoms with Gasteiger partial charge in [0.1, 0.15) is 11.8 Å². The fourth-order valence-corrected chi connectivity index (χ4v) is 4.68. The second-order valence-corrected chi connectivity index (χ2v) is 14.0. The van der Waals surface area contributed by atoms with Gasteiger partial charge in [0.15, 0.2) is 19.8 Å². The first-order valence-corrected chi connectivity index (χ1v) is 13.2. The minimum Gasteiger partial charge on any atom is -0.412 e. The molecule has 0 unspecified atom stereocenters. The van der Waals surface area contributed by atoms with Crippen LogP contribution in [0.4, 0.5) is 5.82 Å². The van der Waals surface area contributed by atoms with Crippen molar-refractivity contribution in [2.75, 3.05) is 5.73 Å². The normalized spacial score (nSPS) is 14.8. The molecular weight excluding hydrogens is 378 g/mol. The number of hydrogen-bond donors (Lipinski definition) is 1. The molecular formula is C22H33N5OSi. The van der Waals surface area contributed by atoms with Gasteiger partial charge in [0.25, 0.3) is 0 Å². The molecule has 2 aromatic heterocycles. The van der Waals surface area contributed by atoms with Crippen molar-refractivity contribution < 1.29 is 4.43 Å². The van der Waals surface area contributed by atoms with Gasteiger partial charge < -0.3 is 14.7 Å². The first-order valence-electron chi connectivity index (χ1n) is 10.2. The SMILES string of the molecule is C[C@H]([C@@H](CCc1ccccc1)O[Si](C)(C)C(C)(C)C)n1cnc2c(N)ncnc21. The predicted octanol–water partition coefficient (Wildman–Crippen LogP) is 4.99. The molecule has 0 aliphatic carbocycles. The predicted molar refractivity (Wildman–Crippen MR) is 121 cm³/mol. The Morgan fingerprint density at radius 2 is 1.79 bits per heavy atom. The lowest BCUT2D eigenvalue weighted by molar-refractivity contribution is 0.122. The highest BCUT2D eigenvalue weighted by atomic mass is 28.4. The standard InChI is InChI=1S/C22H33N5OSi/c1-16(27-15-26-19-20(23)24-14-25-21(19)27)18(28-29(5,6)22(2,3)4)13-12-17-10-8-7-9-11-17/h7-11,14-16,18H,12-13H2,1-6H3,(H2,23,24,25)/t16-,18-/m1/s1. The highest BCUT2D eigenvalue weighted by Crippen LogP contribution is 2.39. The highest BCUT2D eigenvalue weighted by molar-refractivity contribution is 6.74. The van der Waals surface area contributed by atoms with E-state index in [1.54, 1.807) is 0 Å². The van der Waals surface area contributed by atoms with Crippen molar-refractivity contribution in [3.05, 3.63) is 48.5 Å². The Kier molecular flexibility index (Phi) is 6.10. The lowest BCUT2D eigenvalue weighted by Gasteiger charge is -2.41. The van der Waals surface area contributed by atoms with Gasteiger partial charge >= 0.3 is 0 Å². The number of fused-ring (bicyclic) bond motifs is 1. The second kappa shape index (κ2) is 8.24. The lowest BCUT2D eigenvalue weighted by Crippen LogP contribution is -2.46. The third kappa shape index (κ3) is 4.67. The van der Waals surface area contributed by atoms with E-state index in [9.17, 15) is 0 Å². The van der Waals surface area contributed by atoms with Crippen LogP contribution in [0, 0.1) is 0 Å². The van der Waals surface area contributed by atoms with E-state index in [-0.39, 0.29) is 17.2 Å². The van der Waals surface area contributed by atoms with E-state index in [0.29, 0.717) is 11.3 Å². The molecule has 0 amide bonds. The Bertz CT molecular complexity index is 949. The molecule has 0 bridgehead atoms. The van der Waals surface area contributed by atoms with E-state index in [1.807, 2.05) is 6.33 Å². The Morgan fingerprint density at radius 3 is 2.45 bits per heavy atom. The highest BCUT2D eigenvalue weighted by Gasteiger charge is 2.40. The summed E-state index contributed by atoms with van der Waals surface area (Å²) in [6.45, 7) is 13.6. The summed E-state index contributed by atoms with van der Waals surface area (Å²) in [5.74, 6) is 0.409. The van der Waals surface area contributed by atoms with Crippen LogP contribution in [0.1, 0.15) is 45.7 Å². The van der Waals surface area contributed by atoms with E-state index in [2.05, 4.69) is 90.6 Å². The molecule has 2 atom stereocenters. The fraction of sp³-hybridized carbons (Fsp3) is 0.500. The zero-order valence-corrected chi connectivity index (χ0v) is 19.4. The molecule has 0 spiro atoms. The van der Waals surface area contributed by atoms with Gasteiger partial charge in [-0.25, -0.2) is 15.0 Å². The molecule has 1 aromatic carbocycles. The Balaban J connectivity index is 1.91. The summed E-state index contributed by atoms with van der Waals surface area (Å²) in [7, 11) is -1.95. The fourth-order valence-electron chi connectivity index (χ4n) is 3.25. The maximum atomic E-state index is 6.90. The van der Waals surface area contributed by atoms with E-state index in [0.717, 1.165) is 18.5 Å². The van der Waals surface area contributed by atoms with Crippen LogP contribution in [0.2, 0.25) is 18.1 Å². The van der Waals surface area contributed by atoms with Crippen molar-refractivity contribution in [1.29, 1.82) is 0 Å². The molecule has 2 heterocycles. The maximum absolute atomic E-state index is 6.90. The number of imidazole rings is 1. The molecule has 0 fully saturated rings. The third-order valence-electron chi connectivity index (χ3n) is 6.18. The molecule has 0 aliphatic heterocycles. The first kappa shape index (κ1) is 21.5. The average molecular weight is 412 g/mol. The molecule has 0 aliphatic rings. The van der Waals surface area contributed by atoms with Crippen molar-refractivity contribution in [3.8, 4) is 0 Å². The topological polar surface area (TPSA) is 78.9 Å². The van der Waals surface area contributed by atoms with Gasteiger partial charge in [0.05, 0.1) is 18.5 Å². The average Bonchev–Trinajstić information content (AvgIpc) is 3.10. The number of aryl methyl sites for hydroxylation is 1. The number of nitrogens with zero attached hydrogens (tertiary/aromatic N) is 4. The van der Waals surface area contributed by atoms with Gasteiger partial charge in [0, 0.05) is 0 Å². The minimum absolute atomic E-state index is 0.0460. The van der Waals surface area contributed by atoms with Crippen LogP contribution in [0.25, 0.3) is 11.2 Å². The molecule has 6 nitrogen and oxygen atoms in total. The van der Waals surface area contributed by atoms with Crippen molar-refractivity contribution in [2.45, 2.75) is 70.8 Å². The Morgan fingerprint density at radius 1 is 1.10 bits per heavy atom. The Hall–Kier alpha value is -2.25. The van der Waals surface area contributed by atoms with Crippen LogP contribution in [-0.4, -0.2) is 33.9 Å². The number of nitrogen functional groups attached to an aromatic ring is 1. The number of aromatic nitrogens is 4. The number of nitrogens with two attached hydrogens (primary N) is 1. The molecule has 3 rings (SSSR count). The van der Waals surface area contributed by atoms with Crippen LogP contribution in [-0.2, 0) is 10.8 Å².